The Balaban J connectivity index is 1.99. The summed E-state index contributed by atoms with van der Waals surface area (Å²) >= 11 is 0. The van der Waals surface area contributed by atoms with Crippen LogP contribution in [0.5, 0.6) is 5.75 Å². The minimum atomic E-state index is -0.139. The molecule has 0 fully saturated rings. The van der Waals surface area contributed by atoms with Gasteiger partial charge in [-0.15, -0.1) is 0 Å². The average molecular weight is 287 g/mol. The molecule has 0 aliphatic heterocycles. The summed E-state index contributed by atoms with van der Waals surface area (Å²) in [6, 6.07) is 7.90. The molecule has 2 N–H and O–H groups in total. The lowest BCUT2D eigenvalue weighted by Crippen LogP contribution is -2.11. The molecule has 0 amide bonds. The third-order valence-corrected chi connectivity index (χ3v) is 3.47. The number of hydrogen-bond acceptors (Lipinski definition) is 3. The van der Waals surface area contributed by atoms with E-state index in [1.807, 2.05) is 41.3 Å². The summed E-state index contributed by atoms with van der Waals surface area (Å²) in [5.74, 6) is 0.904. The number of hydrogen-bond donors (Lipinski definition) is 1. The van der Waals surface area contributed by atoms with Gasteiger partial charge in [-0.2, -0.15) is 5.10 Å². The lowest BCUT2D eigenvalue weighted by molar-refractivity contribution is 0.309. The first kappa shape index (κ1) is 15.6. The zero-order chi connectivity index (χ0) is 15.1. The van der Waals surface area contributed by atoms with Crippen LogP contribution in [0.4, 0.5) is 0 Å². The molecule has 4 heteroatoms. The highest BCUT2D eigenvalue weighted by atomic mass is 16.5. The Labute approximate surface area is 126 Å². The second-order valence-corrected chi connectivity index (χ2v) is 5.29. The maximum absolute atomic E-state index is 6.30. The van der Waals surface area contributed by atoms with E-state index in [0.717, 1.165) is 49.3 Å². The van der Waals surface area contributed by atoms with Crippen LogP contribution in [0.1, 0.15) is 50.3 Å². The second kappa shape index (κ2) is 7.84. The highest BCUT2D eigenvalue weighted by molar-refractivity contribution is 5.33. The van der Waals surface area contributed by atoms with Crippen molar-refractivity contribution in [3.8, 4) is 5.75 Å². The first-order valence-corrected chi connectivity index (χ1v) is 7.75. The Morgan fingerprint density at radius 3 is 2.57 bits per heavy atom. The molecule has 0 bridgehead atoms. The molecule has 0 spiro atoms. The van der Waals surface area contributed by atoms with Gasteiger partial charge in [0.15, 0.2) is 0 Å². The number of ether oxygens (including phenoxy) is 1. The number of nitrogens with two attached hydrogens (primary N) is 1. The van der Waals surface area contributed by atoms with Crippen molar-refractivity contribution in [1.82, 2.24) is 9.78 Å². The molecule has 0 radical (unpaired) electrons. The molecule has 1 aromatic heterocycles. The molecule has 1 aromatic carbocycles. The number of benzene rings is 1. The fourth-order valence-corrected chi connectivity index (χ4v) is 2.19. The van der Waals surface area contributed by atoms with Crippen LogP contribution in [0.2, 0.25) is 0 Å². The van der Waals surface area contributed by atoms with Crippen LogP contribution in [0.3, 0.4) is 0 Å². The van der Waals surface area contributed by atoms with Crippen molar-refractivity contribution in [2.75, 3.05) is 6.61 Å². The molecule has 1 atom stereocenters. The van der Waals surface area contributed by atoms with E-state index in [0.29, 0.717) is 0 Å². The highest BCUT2D eigenvalue weighted by Gasteiger charge is 2.11. The molecule has 2 aromatic rings. The Bertz CT molecular complexity index is 533. The Kier molecular flexibility index (Phi) is 5.81. The normalized spacial score (nSPS) is 12.3. The molecule has 1 unspecified atom stereocenters. The first-order chi connectivity index (χ1) is 10.2. The predicted molar refractivity (Wildman–Crippen MR) is 85.4 cm³/mol. The van der Waals surface area contributed by atoms with E-state index in [1.165, 1.54) is 0 Å². The van der Waals surface area contributed by atoms with Crippen LogP contribution in [0.25, 0.3) is 0 Å². The summed E-state index contributed by atoms with van der Waals surface area (Å²) in [5, 5.41) is 4.33. The fraction of sp³-hybridized carbons (Fsp3) is 0.471. The quantitative estimate of drug-likeness (QED) is 0.756. The maximum Gasteiger partial charge on any atom is 0.119 e. The fourth-order valence-electron chi connectivity index (χ4n) is 2.19. The van der Waals surface area contributed by atoms with Crippen LogP contribution < -0.4 is 10.5 Å². The first-order valence-electron chi connectivity index (χ1n) is 7.75. The minimum absolute atomic E-state index is 0.139. The SMILES string of the molecule is CCCCOc1ccc(C(N)c2cnn(CCC)c2)cc1. The predicted octanol–water partition coefficient (Wildman–Crippen LogP) is 3.52. The van der Waals surface area contributed by atoms with E-state index in [9.17, 15) is 0 Å². The van der Waals surface area contributed by atoms with Gasteiger partial charge in [0, 0.05) is 18.3 Å². The third-order valence-electron chi connectivity index (χ3n) is 3.47. The highest BCUT2D eigenvalue weighted by Crippen LogP contribution is 2.22. The van der Waals surface area contributed by atoms with Crippen molar-refractivity contribution in [1.29, 1.82) is 0 Å². The zero-order valence-electron chi connectivity index (χ0n) is 13.0. The lowest BCUT2D eigenvalue weighted by Gasteiger charge is -2.11. The molecule has 1 heterocycles. The van der Waals surface area contributed by atoms with Gasteiger partial charge in [-0.05, 0) is 30.5 Å². The third kappa shape index (κ3) is 4.33. The Hall–Kier alpha value is -1.81. The average Bonchev–Trinajstić information content (AvgIpc) is 2.97. The summed E-state index contributed by atoms with van der Waals surface area (Å²) < 4.78 is 7.61. The topological polar surface area (TPSA) is 53.1 Å². The van der Waals surface area contributed by atoms with Crippen LogP contribution in [0.15, 0.2) is 36.7 Å². The van der Waals surface area contributed by atoms with Crippen molar-refractivity contribution in [2.24, 2.45) is 5.73 Å². The van der Waals surface area contributed by atoms with Crippen molar-refractivity contribution in [2.45, 2.75) is 45.7 Å². The van der Waals surface area contributed by atoms with Crippen LogP contribution in [-0.4, -0.2) is 16.4 Å². The Morgan fingerprint density at radius 1 is 1.14 bits per heavy atom. The maximum atomic E-state index is 6.30. The van der Waals surface area contributed by atoms with E-state index in [-0.39, 0.29) is 6.04 Å². The van der Waals surface area contributed by atoms with Gasteiger partial charge in [0.05, 0.1) is 18.8 Å². The lowest BCUT2D eigenvalue weighted by atomic mass is 10.0. The van der Waals surface area contributed by atoms with Gasteiger partial charge in [0.2, 0.25) is 0 Å². The van der Waals surface area contributed by atoms with Crippen molar-refractivity contribution >= 4 is 0 Å². The molecule has 4 nitrogen and oxygen atoms in total. The van der Waals surface area contributed by atoms with E-state index in [1.54, 1.807) is 0 Å². The van der Waals surface area contributed by atoms with Crippen LogP contribution in [-0.2, 0) is 6.54 Å². The summed E-state index contributed by atoms with van der Waals surface area (Å²) in [7, 11) is 0. The van der Waals surface area contributed by atoms with E-state index in [2.05, 4.69) is 18.9 Å². The monoisotopic (exact) mass is 287 g/mol. The minimum Gasteiger partial charge on any atom is -0.494 e. The van der Waals surface area contributed by atoms with Gasteiger partial charge in [-0.1, -0.05) is 32.4 Å². The zero-order valence-corrected chi connectivity index (χ0v) is 13.0. The van der Waals surface area contributed by atoms with E-state index < -0.39 is 0 Å². The summed E-state index contributed by atoms with van der Waals surface area (Å²) in [4.78, 5) is 0. The van der Waals surface area contributed by atoms with Crippen LogP contribution >= 0.6 is 0 Å². The summed E-state index contributed by atoms with van der Waals surface area (Å²) in [6.45, 7) is 5.99. The van der Waals surface area contributed by atoms with Crippen molar-refractivity contribution in [3.05, 3.63) is 47.8 Å². The molecular weight excluding hydrogens is 262 g/mol. The number of nitrogens with zero attached hydrogens (tertiary/aromatic N) is 2. The van der Waals surface area contributed by atoms with Crippen molar-refractivity contribution in [3.63, 3.8) is 0 Å². The number of unbranched alkanes of at least 4 members (excludes halogenated alkanes) is 1. The number of rotatable bonds is 8. The van der Waals surface area contributed by atoms with Gasteiger partial charge in [0.1, 0.15) is 5.75 Å². The van der Waals surface area contributed by atoms with Gasteiger partial charge in [-0.3, -0.25) is 4.68 Å². The summed E-state index contributed by atoms with van der Waals surface area (Å²) in [6.07, 6.45) is 7.18. The standard InChI is InChI=1S/C17H25N3O/c1-3-5-11-21-16-8-6-14(7-9-16)17(18)15-12-19-20(13-15)10-4-2/h6-9,12-13,17H,3-5,10-11,18H2,1-2H3. The molecule has 0 aliphatic carbocycles. The van der Waals surface area contributed by atoms with Gasteiger partial charge >= 0.3 is 0 Å². The molecule has 0 saturated heterocycles. The van der Waals surface area contributed by atoms with Crippen LogP contribution in [0, 0.1) is 0 Å². The molecular formula is C17H25N3O. The molecule has 0 saturated carbocycles. The molecule has 0 aliphatic rings. The van der Waals surface area contributed by atoms with Gasteiger partial charge in [0.25, 0.3) is 0 Å². The molecule has 21 heavy (non-hydrogen) atoms. The smallest absolute Gasteiger partial charge is 0.119 e. The molecule has 114 valence electrons. The molecule has 2 rings (SSSR count). The van der Waals surface area contributed by atoms with Gasteiger partial charge < -0.3 is 10.5 Å². The Morgan fingerprint density at radius 2 is 1.90 bits per heavy atom. The van der Waals surface area contributed by atoms with E-state index >= 15 is 0 Å². The summed E-state index contributed by atoms with van der Waals surface area (Å²) in [5.41, 5.74) is 8.43. The largest absolute Gasteiger partial charge is 0.494 e. The number of aryl methyl sites for hydroxylation is 1. The second-order valence-electron chi connectivity index (χ2n) is 5.29. The van der Waals surface area contributed by atoms with Crippen molar-refractivity contribution < 1.29 is 4.74 Å². The number of aromatic nitrogens is 2. The van der Waals surface area contributed by atoms with E-state index in [4.69, 9.17) is 10.5 Å². The van der Waals surface area contributed by atoms with Gasteiger partial charge in [-0.25, -0.2) is 0 Å².